The predicted octanol–water partition coefficient (Wildman–Crippen LogP) is 5.25. The van der Waals surface area contributed by atoms with Gasteiger partial charge in [0, 0.05) is 29.4 Å². The van der Waals surface area contributed by atoms with Crippen molar-refractivity contribution in [1.82, 2.24) is 9.97 Å². The van der Waals surface area contributed by atoms with Crippen LogP contribution < -0.4 is 15.4 Å². The molecule has 1 fully saturated rings. The van der Waals surface area contributed by atoms with E-state index < -0.39 is 0 Å². The molecule has 4 rings (SSSR count). The van der Waals surface area contributed by atoms with Gasteiger partial charge in [0.05, 0.1) is 12.8 Å². The molecule has 1 aliphatic rings. The molecular formula is C22H24N4O. The van der Waals surface area contributed by atoms with E-state index in [9.17, 15) is 0 Å². The molecule has 0 radical (unpaired) electrons. The standard InChI is InChI=1S/C22H24N4O/c1-27-19-13-7-12-18(14-19)23-21-15-20(16-8-3-2-4-9-16)25-22(26-21)24-17-10-5-6-11-17/h2-4,7-9,12-15,17H,5-6,10-11H2,1H3,(H2,23,24,25,26). The molecule has 5 nitrogen and oxygen atoms in total. The molecule has 1 aliphatic carbocycles. The van der Waals surface area contributed by atoms with Gasteiger partial charge in [0.15, 0.2) is 0 Å². The summed E-state index contributed by atoms with van der Waals surface area (Å²) in [4.78, 5) is 9.45. The fourth-order valence-electron chi connectivity index (χ4n) is 3.43. The first-order chi connectivity index (χ1) is 13.3. The smallest absolute Gasteiger partial charge is 0.225 e. The summed E-state index contributed by atoms with van der Waals surface area (Å²) in [5, 5.41) is 6.90. The second-order valence-electron chi connectivity index (χ2n) is 6.81. The summed E-state index contributed by atoms with van der Waals surface area (Å²) < 4.78 is 5.31. The molecule has 3 aromatic rings. The maximum atomic E-state index is 5.31. The van der Waals surface area contributed by atoms with Crippen molar-refractivity contribution in [3.8, 4) is 17.0 Å². The van der Waals surface area contributed by atoms with Crippen LogP contribution in [0.4, 0.5) is 17.5 Å². The van der Waals surface area contributed by atoms with Crippen molar-refractivity contribution in [1.29, 1.82) is 0 Å². The molecule has 1 heterocycles. The Kier molecular flexibility index (Phi) is 5.19. The van der Waals surface area contributed by atoms with Crippen LogP contribution in [-0.2, 0) is 0 Å². The van der Waals surface area contributed by atoms with E-state index in [1.54, 1.807) is 7.11 Å². The number of nitrogens with zero attached hydrogens (tertiary/aromatic N) is 2. The largest absolute Gasteiger partial charge is 0.497 e. The number of hydrogen-bond acceptors (Lipinski definition) is 5. The molecule has 5 heteroatoms. The molecule has 2 aromatic carbocycles. The first-order valence-corrected chi connectivity index (χ1v) is 9.42. The fourth-order valence-corrected chi connectivity index (χ4v) is 3.43. The molecule has 0 aliphatic heterocycles. The van der Waals surface area contributed by atoms with Crippen LogP contribution in [-0.4, -0.2) is 23.1 Å². The molecule has 1 saturated carbocycles. The molecule has 0 bridgehead atoms. The number of rotatable bonds is 6. The van der Waals surface area contributed by atoms with Gasteiger partial charge in [-0.1, -0.05) is 49.2 Å². The molecule has 0 spiro atoms. The Bertz CT molecular complexity index is 892. The third kappa shape index (κ3) is 4.37. The molecular weight excluding hydrogens is 336 g/mol. The number of ether oxygens (including phenoxy) is 1. The van der Waals surface area contributed by atoms with E-state index in [1.165, 1.54) is 25.7 Å². The monoisotopic (exact) mass is 360 g/mol. The van der Waals surface area contributed by atoms with Crippen molar-refractivity contribution in [3.63, 3.8) is 0 Å². The zero-order valence-corrected chi connectivity index (χ0v) is 15.5. The Morgan fingerprint density at radius 2 is 1.74 bits per heavy atom. The quantitative estimate of drug-likeness (QED) is 0.629. The van der Waals surface area contributed by atoms with Crippen LogP contribution in [0.1, 0.15) is 25.7 Å². The third-order valence-corrected chi connectivity index (χ3v) is 4.83. The average molecular weight is 360 g/mol. The maximum Gasteiger partial charge on any atom is 0.225 e. The first-order valence-electron chi connectivity index (χ1n) is 9.42. The van der Waals surface area contributed by atoms with Crippen LogP contribution >= 0.6 is 0 Å². The minimum Gasteiger partial charge on any atom is -0.497 e. The maximum absolute atomic E-state index is 5.31. The van der Waals surface area contributed by atoms with E-state index in [4.69, 9.17) is 14.7 Å². The Hall–Kier alpha value is -3.08. The average Bonchev–Trinajstić information content (AvgIpc) is 3.21. The van der Waals surface area contributed by atoms with Gasteiger partial charge in [-0.15, -0.1) is 0 Å². The highest BCUT2D eigenvalue weighted by molar-refractivity contribution is 5.67. The van der Waals surface area contributed by atoms with E-state index in [0.29, 0.717) is 12.0 Å². The molecule has 0 saturated heterocycles. The number of benzene rings is 2. The molecule has 27 heavy (non-hydrogen) atoms. The van der Waals surface area contributed by atoms with Gasteiger partial charge in [-0.05, 0) is 25.0 Å². The lowest BCUT2D eigenvalue weighted by Crippen LogP contribution is -2.17. The van der Waals surface area contributed by atoms with Gasteiger partial charge in [-0.2, -0.15) is 4.98 Å². The summed E-state index contributed by atoms with van der Waals surface area (Å²) in [5.41, 5.74) is 2.90. The Morgan fingerprint density at radius 1 is 0.926 bits per heavy atom. The van der Waals surface area contributed by atoms with Crippen molar-refractivity contribution in [2.75, 3.05) is 17.7 Å². The van der Waals surface area contributed by atoms with Crippen LogP contribution in [0.25, 0.3) is 11.3 Å². The Balaban J connectivity index is 1.66. The van der Waals surface area contributed by atoms with Gasteiger partial charge >= 0.3 is 0 Å². The highest BCUT2D eigenvalue weighted by Gasteiger charge is 2.17. The normalized spacial score (nSPS) is 14.1. The van der Waals surface area contributed by atoms with Crippen LogP contribution in [0.2, 0.25) is 0 Å². The summed E-state index contributed by atoms with van der Waals surface area (Å²) in [6.07, 6.45) is 4.89. The third-order valence-electron chi connectivity index (χ3n) is 4.83. The van der Waals surface area contributed by atoms with Gasteiger partial charge in [0.25, 0.3) is 0 Å². The van der Waals surface area contributed by atoms with E-state index >= 15 is 0 Å². The van der Waals surface area contributed by atoms with Crippen LogP contribution in [0.15, 0.2) is 60.7 Å². The van der Waals surface area contributed by atoms with Crippen LogP contribution in [0, 0.1) is 0 Å². The van der Waals surface area contributed by atoms with E-state index in [-0.39, 0.29) is 0 Å². The number of hydrogen-bond donors (Lipinski definition) is 2. The van der Waals surface area contributed by atoms with E-state index in [0.717, 1.165) is 28.5 Å². The first kappa shape index (κ1) is 17.3. The number of anilines is 3. The zero-order chi connectivity index (χ0) is 18.5. The van der Waals surface area contributed by atoms with Crippen LogP contribution in [0.5, 0.6) is 5.75 Å². The second kappa shape index (κ2) is 8.08. The lowest BCUT2D eigenvalue weighted by Gasteiger charge is -2.15. The second-order valence-corrected chi connectivity index (χ2v) is 6.81. The van der Waals surface area contributed by atoms with E-state index in [1.807, 2.05) is 48.5 Å². The molecule has 0 amide bonds. The van der Waals surface area contributed by atoms with Crippen molar-refractivity contribution in [2.24, 2.45) is 0 Å². The topological polar surface area (TPSA) is 59.1 Å². The minimum absolute atomic E-state index is 0.459. The van der Waals surface area contributed by atoms with Crippen molar-refractivity contribution >= 4 is 17.5 Å². The summed E-state index contributed by atoms with van der Waals surface area (Å²) in [7, 11) is 1.67. The van der Waals surface area contributed by atoms with Gasteiger partial charge < -0.3 is 15.4 Å². The Morgan fingerprint density at radius 3 is 2.52 bits per heavy atom. The number of aromatic nitrogens is 2. The van der Waals surface area contributed by atoms with Crippen molar-refractivity contribution in [2.45, 2.75) is 31.7 Å². The van der Waals surface area contributed by atoms with Crippen molar-refractivity contribution < 1.29 is 4.74 Å². The summed E-state index contributed by atoms with van der Waals surface area (Å²) in [5.74, 6) is 2.24. The van der Waals surface area contributed by atoms with Gasteiger partial charge in [0.2, 0.25) is 5.95 Å². The highest BCUT2D eigenvalue weighted by Crippen LogP contribution is 2.27. The van der Waals surface area contributed by atoms with E-state index in [2.05, 4.69) is 22.8 Å². The van der Waals surface area contributed by atoms with Crippen molar-refractivity contribution in [3.05, 3.63) is 60.7 Å². The lowest BCUT2D eigenvalue weighted by molar-refractivity contribution is 0.415. The molecule has 138 valence electrons. The highest BCUT2D eigenvalue weighted by atomic mass is 16.5. The fraction of sp³-hybridized carbons (Fsp3) is 0.273. The minimum atomic E-state index is 0.459. The Labute approximate surface area is 159 Å². The zero-order valence-electron chi connectivity index (χ0n) is 15.5. The van der Waals surface area contributed by atoms with Gasteiger partial charge in [-0.3, -0.25) is 0 Å². The number of nitrogens with one attached hydrogen (secondary N) is 2. The predicted molar refractivity (Wildman–Crippen MR) is 110 cm³/mol. The molecule has 2 N–H and O–H groups in total. The summed E-state index contributed by atoms with van der Waals surface area (Å²) in [6.45, 7) is 0. The van der Waals surface area contributed by atoms with Gasteiger partial charge in [-0.25, -0.2) is 4.98 Å². The number of methoxy groups -OCH3 is 1. The molecule has 0 atom stereocenters. The van der Waals surface area contributed by atoms with Crippen LogP contribution in [0.3, 0.4) is 0 Å². The SMILES string of the molecule is COc1cccc(Nc2cc(-c3ccccc3)nc(NC3CCCC3)n2)c1. The molecule has 0 unspecified atom stereocenters. The summed E-state index contributed by atoms with van der Waals surface area (Å²) in [6, 6.07) is 20.5. The summed E-state index contributed by atoms with van der Waals surface area (Å²) >= 11 is 0. The van der Waals surface area contributed by atoms with Gasteiger partial charge in [0.1, 0.15) is 11.6 Å². The lowest BCUT2D eigenvalue weighted by atomic mass is 10.1. The molecule has 1 aromatic heterocycles.